The molecule has 5 aliphatic carbocycles. The molecule has 0 aromatic rings. The third-order valence-electron chi connectivity index (χ3n) is 17.4. The minimum atomic E-state index is -1.98. The van der Waals surface area contributed by atoms with E-state index in [-0.39, 0.29) is 46.0 Å². The number of ether oxygens (including phenoxy) is 4. The monoisotopic (exact) mass is 810 g/mol. The van der Waals surface area contributed by atoms with Crippen LogP contribution in [0, 0.1) is 50.2 Å². The zero-order valence-electron chi connectivity index (χ0n) is 34.1. The lowest BCUT2D eigenvalue weighted by Crippen LogP contribution is -2.68. The minimum Gasteiger partial charge on any atom is -0.481 e. The van der Waals surface area contributed by atoms with Crippen LogP contribution in [0.4, 0.5) is 0 Å². The van der Waals surface area contributed by atoms with Gasteiger partial charge in [0, 0.05) is 5.41 Å². The van der Waals surface area contributed by atoms with E-state index in [9.17, 15) is 55.5 Å². The summed E-state index contributed by atoms with van der Waals surface area (Å²) in [5.41, 5.74) is -0.836. The number of allylic oxidation sites excluding steroid dienone is 2. The van der Waals surface area contributed by atoms with Crippen LogP contribution in [0.3, 0.4) is 0 Å². The molecule has 0 amide bonds. The molecule has 2 aliphatic heterocycles. The van der Waals surface area contributed by atoms with Crippen molar-refractivity contribution in [3.63, 3.8) is 0 Å². The van der Waals surface area contributed by atoms with Gasteiger partial charge < -0.3 is 64.9 Å². The van der Waals surface area contributed by atoms with Crippen LogP contribution in [-0.4, -0.2) is 139 Å². The molecule has 57 heavy (non-hydrogen) atoms. The van der Waals surface area contributed by atoms with Crippen LogP contribution in [0.5, 0.6) is 0 Å². The van der Waals surface area contributed by atoms with Crippen LogP contribution in [0.1, 0.15) is 106 Å². The molecule has 7 aliphatic rings. The minimum absolute atomic E-state index is 0.0174. The van der Waals surface area contributed by atoms with Crippen molar-refractivity contribution in [2.75, 3.05) is 13.2 Å². The fraction of sp³-hybridized carbons (Fsp3) is 0.905. The number of carboxylic acids is 2. The van der Waals surface area contributed by atoms with Gasteiger partial charge in [0.2, 0.25) is 0 Å². The molecular weight excluding hydrogens is 744 g/mol. The first-order valence-electron chi connectivity index (χ1n) is 21.0. The molecule has 9 N–H and O–H groups in total. The molecule has 7 rings (SSSR count). The Bertz CT molecular complexity index is 1590. The molecule has 6 fully saturated rings. The van der Waals surface area contributed by atoms with E-state index in [1.54, 1.807) is 0 Å². The number of carbonyl (C=O) groups is 2. The van der Waals surface area contributed by atoms with Crippen LogP contribution in [-0.2, 0) is 28.5 Å². The number of aliphatic hydroxyl groups excluding tert-OH is 7. The summed E-state index contributed by atoms with van der Waals surface area (Å²) in [6.45, 7) is 12.6. The second kappa shape index (κ2) is 14.7. The van der Waals surface area contributed by atoms with Gasteiger partial charge in [-0.15, -0.1) is 0 Å². The van der Waals surface area contributed by atoms with Gasteiger partial charge in [0.25, 0.3) is 0 Å². The Kier molecular flexibility index (Phi) is 11.2. The highest BCUT2D eigenvalue weighted by Gasteiger charge is 2.70. The fourth-order valence-electron chi connectivity index (χ4n) is 13.7. The Morgan fingerprint density at radius 1 is 0.754 bits per heavy atom. The summed E-state index contributed by atoms with van der Waals surface area (Å²) in [7, 11) is 0. The van der Waals surface area contributed by atoms with Gasteiger partial charge >= 0.3 is 11.9 Å². The molecule has 0 aromatic carbocycles. The lowest BCUT2D eigenvalue weighted by atomic mass is 9.33. The smallest absolute Gasteiger partial charge is 0.335 e. The highest BCUT2D eigenvalue weighted by molar-refractivity contribution is 5.76. The predicted molar refractivity (Wildman–Crippen MR) is 200 cm³/mol. The second-order valence-electron chi connectivity index (χ2n) is 20.5. The first-order valence-corrected chi connectivity index (χ1v) is 21.0. The van der Waals surface area contributed by atoms with Gasteiger partial charge in [-0.05, 0) is 104 Å². The summed E-state index contributed by atoms with van der Waals surface area (Å²) >= 11 is 0. The normalized spacial score (nSPS) is 53.3. The maximum atomic E-state index is 13.1. The fourth-order valence-corrected chi connectivity index (χ4v) is 13.7. The van der Waals surface area contributed by atoms with Gasteiger partial charge in [0.1, 0.15) is 42.7 Å². The van der Waals surface area contributed by atoms with Gasteiger partial charge in [0.05, 0.1) is 24.7 Å². The van der Waals surface area contributed by atoms with E-state index >= 15 is 0 Å². The number of aliphatic carboxylic acids is 2. The van der Waals surface area contributed by atoms with Crippen LogP contribution < -0.4 is 0 Å². The first kappa shape index (κ1) is 43.3. The average Bonchev–Trinajstić information content (AvgIpc) is 3.15. The van der Waals surface area contributed by atoms with E-state index < -0.39 is 96.9 Å². The maximum absolute atomic E-state index is 13.1. The Balaban J connectivity index is 1.15. The first-order chi connectivity index (χ1) is 26.5. The zero-order valence-corrected chi connectivity index (χ0v) is 34.1. The van der Waals surface area contributed by atoms with Crippen LogP contribution in [0.25, 0.3) is 0 Å². The van der Waals surface area contributed by atoms with Gasteiger partial charge in [-0.2, -0.15) is 0 Å². The molecular formula is C42H66O15. The molecule has 2 saturated heterocycles. The molecule has 4 saturated carbocycles. The highest BCUT2D eigenvalue weighted by Crippen LogP contribution is 2.76. The van der Waals surface area contributed by atoms with Crippen molar-refractivity contribution in [1.82, 2.24) is 0 Å². The Labute approximate surface area is 334 Å². The van der Waals surface area contributed by atoms with Gasteiger partial charge in [-0.1, -0.05) is 53.2 Å². The highest BCUT2D eigenvalue weighted by atomic mass is 16.7. The third kappa shape index (κ3) is 6.39. The van der Waals surface area contributed by atoms with E-state index in [1.807, 2.05) is 6.92 Å². The number of hydrogen-bond acceptors (Lipinski definition) is 13. The van der Waals surface area contributed by atoms with E-state index in [2.05, 4.69) is 40.7 Å². The summed E-state index contributed by atoms with van der Waals surface area (Å²) in [5.74, 6) is -2.09. The molecule has 19 atom stereocenters. The van der Waals surface area contributed by atoms with Gasteiger partial charge in [-0.3, -0.25) is 4.79 Å². The quantitative estimate of drug-likeness (QED) is 0.126. The Morgan fingerprint density at radius 2 is 1.42 bits per heavy atom. The lowest BCUT2D eigenvalue weighted by Gasteiger charge is -2.71. The molecule has 0 radical (unpaired) electrons. The van der Waals surface area contributed by atoms with Crippen molar-refractivity contribution in [2.45, 2.75) is 173 Å². The molecule has 0 aromatic heterocycles. The molecule has 0 unspecified atom stereocenters. The maximum Gasteiger partial charge on any atom is 0.335 e. The van der Waals surface area contributed by atoms with Crippen molar-refractivity contribution >= 4 is 11.9 Å². The van der Waals surface area contributed by atoms with E-state index in [4.69, 9.17) is 18.9 Å². The predicted octanol–water partition coefficient (Wildman–Crippen LogP) is 1.95. The zero-order chi connectivity index (χ0) is 41.8. The van der Waals surface area contributed by atoms with Crippen molar-refractivity contribution in [2.24, 2.45) is 50.2 Å². The molecule has 15 heteroatoms. The number of hydrogen-bond donors (Lipinski definition) is 9. The van der Waals surface area contributed by atoms with E-state index in [1.165, 1.54) is 5.57 Å². The summed E-state index contributed by atoms with van der Waals surface area (Å²) < 4.78 is 23.3. The van der Waals surface area contributed by atoms with Crippen molar-refractivity contribution in [3.8, 4) is 0 Å². The molecule has 2 heterocycles. The largest absolute Gasteiger partial charge is 0.481 e. The van der Waals surface area contributed by atoms with Crippen LogP contribution >= 0.6 is 0 Å². The SMILES string of the molecule is CC1(C)CC[C@]2(C(=O)O)CC[C@]3(C)C(=CC[C@@H]4[C@@]5(C)CC[C@H](O[C@@H]6O[C@H](C(=O)O)[C@@H](O)[C@H](O[C@@H]7O[C@H](CO)[C@@H](O)[C@H](O)[C@H]7O)[C@H]6O)[C@@](C)(CO)[C@H]5CC[C@]43C)[C@H]2C1. The summed E-state index contributed by atoms with van der Waals surface area (Å²) in [6.07, 6.45) is -8.58. The topological polar surface area (TPSA) is 253 Å². The molecule has 15 nitrogen and oxygen atoms in total. The number of fused-ring (bicyclic) bond motifs is 7. The van der Waals surface area contributed by atoms with Gasteiger partial charge in [-0.25, -0.2) is 4.79 Å². The number of carboxylic acid groups (broad SMARTS) is 2. The average molecular weight is 811 g/mol. The second-order valence-corrected chi connectivity index (χ2v) is 20.5. The standard InChI is InChI=1S/C42H66O15/c1-37(2)13-15-42(36(52)53)16-14-40(5)20(21(42)17-37)7-8-24-38(3)11-10-25(39(4,19-44)23(38)9-12-41(24,40)6)55-35-30(49)31(29(48)32(57-35)33(50)51)56-34-28(47)27(46)26(45)22(18-43)54-34/h7,21-32,34-35,43-49H,8-19H2,1-6H3,(H,50,51)(H,52,53)/t21-,22-,23+,24-,25+,26-,27+,28-,29+,30-,31+,32+,34+,35-,38+,39+,40-,41-,42+/m1/s1. The lowest BCUT2D eigenvalue weighted by molar-refractivity contribution is -0.366. The third-order valence-corrected chi connectivity index (χ3v) is 17.4. The van der Waals surface area contributed by atoms with E-state index in [0.29, 0.717) is 25.7 Å². The number of aliphatic hydroxyl groups is 7. The molecule has 0 bridgehead atoms. The van der Waals surface area contributed by atoms with Crippen molar-refractivity contribution in [3.05, 3.63) is 11.6 Å². The van der Waals surface area contributed by atoms with Crippen molar-refractivity contribution in [1.29, 1.82) is 0 Å². The van der Waals surface area contributed by atoms with Crippen LogP contribution in [0.15, 0.2) is 11.6 Å². The Morgan fingerprint density at radius 3 is 2.05 bits per heavy atom. The summed E-state index contributed by atoms with van der Waals surface area (Å²) in [5, 5.41) is 95.4. The van der Waals surface area contributed by atoms with Crippen molar-refractivity contribution < 1.29 is 74.5 Å². The van der Waals surface area contributed by atoms with E-state index in [0.717, 1.165) is 38.5 Å². The summed E-state index contributed by atoms with van der Waals surface area (Å²) in [6, 6.07) is 0. The Hall–Kier alpha value is -1.76. The summed E-state index contributed by atoms with van der Waals surface area (Å²) in [4.78, 5) is 25.4. The van der Waals surface area contributed by atoms with Crippen LogP contribution in [0.2, 0.25) is 0 Å². The van der Waals surface area contributed by atoms with Gasteiger partial charge in [0.15, 0.2) is 18.7 Å². The molecule has 324 valence electrons. The molecule has 0 spiro atoms. The number of rotatable bonds is 8.